The van der Waals surface area contributed by atoms with Crippen LogP contribution in [0.25, 0.3) is 0 Å². The minimum atomic E-state index is 0.220. The lowest BCUT2D eigenvalue weighted by molar-refractivity contribution is 0.763. The summed E-state index contributed by atoms with van der Waals surface area (Å²) in [5, 5.41) is 0. The summed E-state index contributed by atoms with van der Waals surface area (Å²) in [6.07, 6.45) is 4.31. The third kappa shape index (κ3) is 1.75. The van der Waals surface area contributed by atoms with E-state index >= 15 is 0 Å². The zero-order valence-electron chi connectivity index (χ0n) is 4.97. The van der Waals surface area contributed by atoms with Crippen molar-refractivity contribution in [3.8, 4) is 0 Å². The van der Waals surface area contributed by atoms with Gasteiger partial charge in [-0.3, -0.25) is 0 Å². The van der Waals surface area contributed by atoms with Crippen LogP contribution >= 0.6 is 23.1 Å². The Morgan fingerprint density at radius 2 is 1.75 bits per heavy atom. The van der Waals surface area contributed by atoms with Crippen LogP contribution in [0.1, 0.15) is 19.3 Å². The average molecular weight is 148 g/mol. The highest BCUT2D eigenvalue weighted by Gasteiger charge is 2.04. The van der Waals surface area contributed by atoms with E-state index in [1.54, 1.807) is 0 Å². The Bertz CT molecular complexity index is 74.6. The molecule has 1 aliphatic heterocycles. The molecule has 0 aromatic carbocycles. The van der Waals surface area contributed by atoms with E-state index in [1.165, 1.54) is 30.8 Å². The molecule has 1 saturated heterocycles. The first-order chi connectivity index (χ1) is 3.93. The van der Waals surface area contributed by atoms with E-state index in [2.05, 4.69) is 0 Å². The third-order valence-electron chi connectivity index (χ3n) is 1.54. The van der Waals surface area contributed by atoms with Crippen LogP contribution in [0.4, 0.5) is 0 Å². The van der Waals surface area contributed by atoms with Gasteiger partial charge in [-0.25, -0.2) is 10.9 Å². The molecule has 0 saturated carbocycles. The Morgan fingerprint density at radius 1 is 1.12 bits per heavy atom. The Hall–Kier alpha value is 0.440. The molecule has 48 valence electrons. The molecule has 1 aliphatic rings. The molecule has 0 atom stereocenters. The number of rotatable bonds is 1. The summed E-state index contributed by atoms with van der Waals surface area (Å²) in [5.41, 5.74) is 0. The van der Waals surface area contributed by atoms with Gasteiger partial charge in [0.25, 0.3) is 0 Å². The highest BCUT2D eigenvalue weighted by molar-refractivity contribution is 8.34. The Kier molecular flexibility index (Phi) is 2.84. The minimum absolute atomic E-state index is 0.220. The van der Waals surface area contributed by atoms with Crippen molar-refractivity contribution in [3.63, 3.8) is 0 Å². The molecule has 8 heavy (non-hydrogen) atoms. The topological polar surface area (TPSA) is 0 Å². The van der Waals surface area contributed by atoms with Crippen LogP contribution in [0.15, 0.2) is 0 Å². The van der Waals surface area contributed by atoms with Crippen LogP contribution in [0.2, 0.25) is 0 Å². The smallest absolute Gasteiger partial charge is 0.0146 e. The summed E-state index contributed by atoms with van der Waals surface area (Å²) in [6, 6.07) is 0. The maximum absolute atomic E-state index is 4.88. The van der Waals surface area contributed by atoms with E-state index in [-0.39, 0.29) is 10.9 Å². The van der Waals surface area contributed by atoms with Gasteiger partial charge in [-0.1, -0.05) is 18.6 Å². The van der Waals surface area contributed by atoms with Gasteiger partial charge in [0.15, 0.2) is 0 Å². The first kappa shape index (κ1) is 6.56. The summed E-state index contributed by atoms with van der Waals surface area (Å²) in [6.45, 7) is 0. The quantitative estimate of drug-likeness (QED) is 0.439. The van der Waals surface area contributed by atoms with Gasteiger partial charge < -0.3 is 0 Å². The van der Waals surface area contributed by atoms with Crippen molar-refractivity contribution in [1.82, 2.24) is 0 Å². The summed E-state index contributed by atoms with van der Waals surface area (Å²) < 4.78 is 2.01. The van der Waals surface area contributed by atoms with Crippen LogP contribution < -0.4 is 0 Å². The SMILES string of the molecule is S=C[SH]1CCCCC1. The Balaban J connectivity index is 2.22. The molecule has 0 N–H and O–H groups in total. The predicted octanol–water partition coefficient (Wildman–Crippen LogP) is 2.13. The van der Waals surface area contributed by atoms with Gasteiger partial charge in [-0.2, -0.15) is 0 Å². The van der Waals surface area contributed by atoms with Gasteiger partial charge in [0, 0.05) is 4.70 Å². The van der Waals surface area contributed by atoms with Crippen LogP contribution in [0, 0.1) is 0 Å². The summed E-state index contributed by atoms with van der Waals surface area (Å²) in [4.78, 5) is 0. The second-order valence-corrected chi connectivity index (χ2v) is 5.12. The first-order valence-electron chi connectivity index (χ1n) is 3.13. The molecular formula is C6H12S2. The Labute approximate surface area is 59.0 Å². The molecular weight excluding hydrogens is 136 g/mol. The maximum atomic E-state index is 4.88. The fourth-order valence-electron chi connectivity index (χ4n) is 1.02. The average Bonchev–Trinajstić information content (AvgIpc) is 1.90. The molecule has 2 heteroatoms. The van der Waals surface area contributed by atoms with Crippen molar-refractivity contribution >= 4 is 27.8 Å². The number of hydrogen-bond donors (Lipinski definition) is 1. The molecule has 1 rings (SSSR count). The van der Waals surface area contributed by atoms with Crippen LogP contribution in [-0.4, -0.2) is 16.2 Å². The number of thiocarbonyl (C=S) groups is 1. The normalized spacial score (nSPS) is 25.2. The highest BCUT2D eigenvalue weighted by atomic mass is 32.2. The van der Waals surface area contributed by atoms with E-state index < -0.39 is 0 Å². The third-order valence-corrected chi connectivity index (χ3v) is 4.51. The molecule has 0 unspecified atom stereocenters. The van der Waals surface area contributed by atoms with Crippen molar-refractivity contribution in [3.05, 3.63) is 0 Å². The second kappa shape index (κ2) is 3.46. The van der Waals surface area contributed by atoms with Gasteiger partial charge >= 0.3 is 0 Å². The van der Waals surface area contributed by atoms with E-state index in [4.69, 9.17) is 12.2 Å². The molecule has 0 aromatic heterocycles. The van der Waals surface area contributed by atoms with Crippen LogP contribution in [-0.2, 0) is 0 Å². The Morgan fingerprint density at radius 3 is 2.12 bits per heavy atom. The zero-order valence-corrected chi connectivity index (χ0v) is 6.68. The van der Waals surface area contributed by atoms with Crippen LogP contribution in [0.3, 0.4) is 0 Å². The summed E-state index contributed by atoms with van der Waals surface area (Å²) >= 11 is 4.88. The molecule has 0 aromatic rings. The van der Waals surface area contributed by atoms with E-state index in [9.17, 15) is 0 Å². The van der Waals surface area contributed by atoms with Gasteiger partial charge in [0.2, 0.25) is 0 Å². The van der Waals surface area contributed by atoms with Crippen molar-refractivity contribution in [1.29, 1.82) is 0 Å². The van der Waals surface area contributed by atoms with Gasteiger partial charge in [-0.15, -0.1) is 0 Å². The van der Waals surface area contributed by atoms with Crippen molar-refractivity contribution < 1.29 is 0 Å². The highest BCUT2D eigenvalue weighted by Crippen LogP contribution is 2.29. The van der Waals surface area contributed by atoms with Crippen molar-refractivity contribution in [2.75, 3.05) is 11.5 Å². The minimum Gasteiger partial charge on any atom is -0.224 e. The second-order valence-electron chi connectivity index (χ2n) is 2.20. The molecule has 0 nitrogen and oxygen atoms in total. The molecule has 0 spiro atoms. The lowest BCUT2D eigenvalue weighted by atomic mass is 10.3. The van der Waals surface area contributed by atoms with E-state index in [1.807, 2.05) is 4.70 Å². The predicted molar refractivity (Wildman–Crippen MR) is 46.2 cm³/mol. The van der Waals surface area contributed by atoms with Crippen molar-refractivity contribution in [2.24, 2.45) is 0 Å². The van der Waals surface area contributed by atoms with Crippen molar-refractivity contribution in [2.45, 2.75) is 19.3 Å². The molecule has 1 fully saturated rings. The number of hydrogen-bond acceptors (Lipinski definition) is 1. The van der Waals surface area contributed by atoms with Gasteiger partial charge in [0.05, 0.1) is 0 Å². The molecule has 0 bridgehead atoms. The van der Waals surface area contributed by atoms with E-state index in [0.29, 0.717) is 0 Å². The molecule has 0 radical (unpaired) electrons. The first-order valence-corrected chi connectivity index (χ1v) is 5.38. The standard InChI is InChI=1S/C6H12S2/c7-6-8-4-2-1-3-5-8/h6,8H,1-5H2. The van der Waals surface area contributed by atoms with E-state index in [0.717, 1.165) is 0 Å². The lowest BCUT2D eigenvalue weighted by Gasteiger charge is -2.20. The van der Waals surface area contributed by atoms with Crippen LogP contribution in [0.5, 0.6) is 0 Å². The number of thiol groups is 1. The fourth-order valence-corrected chi connectivity index (χ4v) is 3.35. The monoisotopic (exact) mass is 148 g/mol. The molecule has 0 amide bonds. The van der Waals surface area contributed by atoms with Gasteiger partial charge in [0.1, 0.15) is 0 Å². The van der Waals surface area contributed by atoms with Gasteiger partial charge in [-0.05, 0) is 24.3 Å². The lowest BCUT2D eigenvalue weighted by Crippen LogP contribution is -2.01. The fraction of sp³-hybridized carbons (Fsp3) is 0.833. The largest absolute Gasteiger partial charge is 0.224 e. The zero-order chi connectivity index (χ0) is 5.82. The molecule has 0 aliphatic carbocycles. The molecule has 1 heterocycles. The summed E-state index contributed by atoms with van der Waals surface area (Å²) in [7, 11) is 0.220. The maximum Gasteiger partial charge on any atom is 0.0146 e. The summed E-state index contributed by atoms with van der Waals surface area (Å²) in [5.74, 6) is 2.83.